The Morgan fingerprint density at radius 1 is 1.47 bits per heavy atom. The fourth-order valence-electron chi connectivity index (χ4n) is 1.20. The molecule has 0 saturated carbocycles. The van der Waals surface area contributed by atoms with E-state index in [1.807, 2.05) is 6.07 Å². The smallest absolute Gasteiger partial charge is 0.337 e. The number of methoxy groups -OCH3 is 1. The van der Waals surface area contributed by atoms with Crippen LogP contribution < -0.4 is 0 Å². The number of carboxylic acid groups (broad SMARTS) is 1. The molecule has 1 atom stereocenters. The van der Waals surface area contributed by atoms with E-state index in [0.29, 0.717) is 11.3 Å². The van der Waals surface area contributed by atoms with Gasteiger partial charge in [-0.15, -0.1) is 11.8 Å². The van der Waals surface area contributed by atoms with Gasteiger partial charge in [-0.3, -0.25) is 4.79 Å². The van der Waals surface area contributed by atoms with E-state index in [0.717, 1.165) is 5.56 Å². The molecule has 0 aliphatic heterocycles. The zero-order valence-corrected chi connectivity index (χ0v) is 10.5. The van der Waals surface area contributed by atoms with Gasteiger partial charge in [-0.25, -0.2) is 4.79 Å². The Kier molecular flexibility index (Phi) is 5.03. The van der Waals surface area contributed by atoms with Crippen LogP contribution in [0.4, 0.5) is 0 Å². The van der Waals surface area contributed by atoms with Crippen molar-refractivity contribution >= 4 is 23.7 Å². The standard InChI is InChI=1S/C12H14O4S/c1-8(11(13)14)17-7-9-4-3-5-10(6-9)12(15)16-2/h3-6,8H,7H2,1-2H3,(H,13,14). The molecule has 1 N–H and O–H groups in total. The lowest BCUT2D eigenvalue weighted by Gasteiger charge is -2.07. The van der Waals surface area contributed by atoms with Gasteiger partial charge in [0.2, 0.25) is 0 Å². The maximum Gasteiger partial charge on any atom is 0.337 e. The minimum absolute atomic E-state index is 0.386. The molecule has 0 fully saturated rings. The highest BCUT2D eigenvalue weighted by Gasteiger charge is 2.12. The molecule has 0 amide bonds. The number of carbonyl (C=O) groups excluding carboxylic acids is 1. The second-order valence-corrected chi connectivity index (χ2v) is 4.81. The van der Waals surface area contributed by atoms with Crippen molar-refractivity contribution < 1.29 is 19.4 Å². The summed E-state index contributed by atoms with van der Waals surface area (Å²) in [6, 6.07) is 7.00. The Balaban J connectivity index is 2.66. The van der Waals surface area contributed by atoms with Crippen LogP contribution >= 0.6 is 11.8 Å². The van der Waals surface area contributed by atoms with E-state index in [-0.39, 0.29) is 5.97 Å². The summed E-state index contributed by atoms with van der Waals surface area (Å²) in [5, 5.41) is 8.28. The molecule has 1 rings (SSSR count). The van der Waals surface area contributed by atoms with E-state index in [2.05, 4.69) is 4.74 Å². The molecule has 0 aliphatic rings. The van der Waals surface area contributed by atoms with Crippen LogP contribution in [0.2, 0.25) is 0 Å². The SMILES string of the molecule is COC(=O)c1cccc(CSC(C)C(=O)O)c1. The predicted octanol–water partition coefficient (Wildman–Crippen LogP) is 2.18. The molecular formula is C12H14O4S. The summed E-state index contributed by atoms with van der Waals surface area (Å²) in [4.78, 5) is 21.9. The molecular weight excluding hydrogens is 240 g/mol. The molecule has 0 saturated heterocycles. The van der Waals surface area contributed by atoms with Crippen LogP contribution in [0.1, 0.15) is 22.8 Å². The molecule has 1 aromatic rings. The highest BCUT2D eigenvalue weighted by Crippen LogP contribution is 2.18. The van der Waals surface area contributed by atoms with Crippen LogP contribution in [0, 0.1) is 0 Å². The quantitative estimate of drug-likeness (QED) is 0.816. The number of carbonyl (C=O) groups is 2. The second kappa shape index (κ2) is 6.30. The minimum Gasteiger partial charge on any atom is -0.480 e. The molecule has 0 bridgehead atoms. The van der Waals surface area contributed by atoms with Gasteiger partial charge < -0.3 is 9.84 Å². The Hall–Kier alpha value is -1.49. The highest BCUT2D eigenvalue weighted by molar-refractivity contribution is 7.99. The number of esters is 1. The molecule has 0 aliphatic carbocycles. The summed E-state index contributed by atoms with van der Waals surface area (Å²) in [6.07, 6.45) is 0. The molecule has 0 aromatic heterocycles. The number of thioether (sulfide) groups is 1. The fraction of sp³-hybridized carbons (Fsp3) is 0.333. The maximum absolute atomic E-state index is 11.3. The van der Waals surface area contributed by atoms with Gasteiger partial charge >= 0.3 is 11.9 Å². The predicted molar refractivity (Wildman–Crippen MR) is 66.2 cm³/mol. The van der Waals surface area contributed by atoms with Gasteiger partial charge in [0.25, 0.3) is 0 Å². The molecule has 1 aromatic carbocycles. The Labute approximate surface area is 104 Å². The van der Waals surface area contributed by atoms with Crippen molar-refractivity contribution in [1.82, 2.24) is 0 Å². The Bertz CT molecular complexity index is 417. The number of benzene rings is 1. The zero-order valence-electron chi connectivity index (χ0n) is 9.67. The van der Waals surface area contributed by atoms with Crippen LogP contribution in [0.25, 0.3) is 0 Å². The molecule has 0 radical (unpaired) electrons. The average Bonchev–Trinajstić information content (AvgIpc) is 2.35. The number of hydrogen-bond donors (Lipinski definition) is 1. The summed E-state index contributed by atoms with van der Waals surface area (Å²) < 4.78 is 4.62. The van der Waals surface area contributed by atoms with Gasteiger partial charge in [0.15, 0.2) is 0 Å². The fourth-order valence-corrected chi connectivity index (χ4v) is 1.96. The second-order valence-electron chi connectivity index (χ2n) is 3.48. The van der Waals surface area contributed by atoms with E-state index in [1.54, 1.807) is 25.1 Å². The van der Waals surface area contributed by atoms with Gasteiger partial charge in [0.1, 0.15) is 0 Å². The molecule has 0 heterocycles. The van der Waals surface area contributed by atoms with Crippen molar-refractivity contribution in [3.8, 4) is 0 Å². The van der Waals surface area contributed by atoms with Crippen LogP contribution in [-0.4, -0.2) is 29.4 Å². The number of carboxylic acids is 1. The van der Waals surface area contributed by atoms with Crippen molar-refractivity contribution in [1.29, 1.82) is 0 Å². The third kappa shape index (κ3) is 4.11. The van der Waals surface area contributed by atoms with Crippen molar-refractivity contribution in [2.45, 2.75) is 17.9 Å². The first-order valence-corrected chi connectivity index (χ1v) is 6.11. The lowest BCUT2D eigenvalue weighted by Crippen LogP contribution is -2.11. The number of aliphatic carboxylic acids is 1. The normalized spacial score (nSPS) is 11.9. The Morgan fingerprint density at radius 2 is 2.18 bits per heavy atom. The molecule has 0 spiro atoms. The summed E-state index contributed by atoms with van der Waals surface area (Å²) >= 11 is 1.31. The van der Waals surface area contributed by atoms with Crippen LogP contribution in [0.15, 0.2) is 24.3 Å². The summed E-state index contributed by atoms with van der Waals surface area (Å²) in [5.74, 6) is -0.666. The van der Waals surface area contributed by atoms with Gasteiger partial charge in [-0.05, 0) is 24.6 Å². The van der Waals surface area contributed by atoms with E-state index < -0.39 is 11.2 Å². The van der Waals surface area contributed by atoms with E-state index in [9.17, 15) is 9.59 Å². The average molecular weight is 254 g/mol. The van der Waals surface area contributed by atoms with E-state index >= 15 is 0 Å². The largest absolute Gasteiger partial charge is 0.480 e. The van der Waals surface area contributed by atoms with Gasteiger partial charge in [0, 0.05) is 5.75 Å². The summed E-state index contributed by atoms with van der Waals surface area (Å²) in [6.45, 7) is 1.64. The third-order valence-corrected chi connectivity index (χ3v) is 3.40. The van der Waals surface area contributed by atoms with Crippen LogP contribution in [-0.2, 0) is 15.3 Å². The van der Waals surface area contributed by atoms with Gasteiger partial charge in [-0.1, -0.05) is 12.1 Å². The molecule has 1 unspecified atom stereocenters. The lowest BCUT2D eigenvalue weighted by molar-refractivity contribution is -0.136. The molecule has 5 heteroatoms. The monoisotopic (exact) mass is 254 g/mol. The topological polar surface area (TPSA) is 63.6 Å². The van der Waals surface area contributed by atoms with Gasteiger partial charge in [0.05, 0.1) is 17.9 Å². The first-order valence-electron chi connectivity index (χ1n) is 5.06. The summed E-state index contributed by atoms with van der Waals surface area (Å²) in [7, 11) is 1.33. The van der Waals surface area contributed by atoms with Crippen LogP contribution in [0.3, 0.4) is 0 Å². The van der Waals surface area contributed by atoms with Crippen LogP contribution in [0.5, 0.6) is 0 Å². The van der Waals surface area contributed by atoms with Crippen molar-refractivity contribution in [2.24, 2.45) is 0 Å². The molecule has 4 nitrogen and oxygen atoms in total. The maximum atomic E-state index is 11.3. The first-order chi connectivity index (χ1) is 8.04. The number of hydrogen-bond acceptors (Lipinski definition) is 4. The summed E-state index contributed by atoms with van der Waals surface area (Å²) in [5.41, 5.74) is 1.39. The van der Waals surface area contributed by atoms with E-state index in [1.165, 1.54) is 18.9 Å². The first kappa shape index (κ1) is 13.6. The van der Waals surface area contributed by atoms with Crippen molar-refractivity contribution in [3.63, 3.8) is 0 Å². The lowest BCUT2D eigenvalue weighted by atomic mass is 10.1. The number of rotatable bonds is 5. The molecule has 92 valence electrons. The highest BCUT2D eigenvalue weighted by atomic mass is 32.2. The zero-order chi connectivity index (χ0) is 12.8. The van der Waals surface area contributed by atoms with Crippen molar-refractivity contribution in [2.75, 3.05) is 7.11 Å². The minimum atomic E-state index is -0.834. The van der Waals surface area contributed by atoms with Crippen molar-refractivity contribution in [3.05, 3.63) is 35.4 Å². The molecule has 17 heavy (non-hydrogen) atoms. The Morgan fingerprint density at radius 3 is 2.76 bits per heavy atom. The third-order valence-electron chi connectivity index (χ3n) is 2.20. The van der Waals surface area contributed by atoms with E-state index in [4.69, 9.17) is 5.11 Å². The number of ether oxygens (including phenoxy) is 1. The van der Waals surface area contributed by atoms with Gasteiger partial charge in [-0.2, -0.15) is 0 Å².